The summed E-state index contributed by atoms with van der Waals surface area (Å²) in [5.74, 6) is 0.291. The number of anilines is 1. The van der Waals surface area contributed by atoms with Gasteiger partial charge in [-0.25, -0.2) is 0 Å². The molecule has 0 heterocycles. The second-order valence-corrected chi connectivity index (χ2v) is 4.24. The van der Waals surface area contributed by atoms with Gasteiger partial charge in [0, 0.05) is 6.54 Å². The summed E-state index contributed by atoms with van der Waals surface area (Å²) in [6, 6.07) is 15.7. The lowest BCUT2D eigenvalue weighted by Crippen LogP contribution is -2.36. The lowest BCUT2D eigenvalue weighted by Gasteiger charge is -2.14. The minimum absolute atomic E-state index is 0.129. The standard InChI is InChI=1S/C15H16N2O3/c16-12(15(18)19)10-17-13-8-4-5-9-14(13)20-11-6-2-1-3-7-11/h1-9,12,17H,10,16H2,(H,18,19). The molecule has 0 saturated carbocycles. The number of ether oxygens (including phenoxy) is 1. The predicted octanol–water partition coefficient (Wildman–Crippen LogP) is 2.30. The second-order valence-electron chi connectivity index (χ2n) is 4.24. The first-order valence-corrected chi connectivity index (χ1v) is 6.21. The Balaban J connectivity index is 2.08. The molecule has 0 aliphatic rings. The van der Waals surface area contributed by atoms with E-state index in [-0.39, 0.29) is 6.54 Å². The van der Waals surface area contributed by atoms with Gasteiger partial charge in [-0.1, -0.05) is 30.3 Å². The van der Waals surface area contributed by atoms with Crippen LogP contribution in [0, 0.1) is 0 Å². The molecule has 4 N–H and O–H groups in total. The van der Waals surface area contributed by atoms with Crippen LogP contribution < -0.4 is 15.8 Å². The topological polar surface area (TPSA) is 84.6 Å². The highest BCUT2D eigenvalue weighted by Crippen LogP contribution is 2.28. The van der Waals surface area contributed by atoms with Crippen molar-refractivity contribution in [1.82, 2.24) is 0 Å². The molecule has 0 saturated heterocycles. The van der Waals surface area contributed by atoms with Crippen molar-refractivity contribution >= 4 is 11.7 Å². The van der Waals surface area contributed by atoms with Crippen molar-refractivity contribution in [3.05, 3.63) is 54.6 Å². The summed E-state index contributed by atoms with van der Waals surface area (Å²) in [4.78, 5) is 10.7. The molecule has 1 unspecified atom stereocenters. The largest absolute Gasteiger partial charge is 0.480 e. The monoisotopic (exact) mass is 272 g/mol. The SMILES string of the molecule is NC(CNc1ccccc1Oc1ccccc1)C(=O)O. The molecule has 5 nitrogen and oxygen atoms in total. The van der Waals surface area contributed by atoms with Gasteiger partial charge in [-0.15, -0.1) is 0 Å². The van der Waals surface area contributed by atoms with Crippen molar-refractivity contribution < 1.29 is 14.6 Å². The van der Waals surface area contributed by atoms with Gasteiger partial charge >= 0.3 is 5.97 Å². The van der Waals surface area contributed by atoms with Crippen LogP contribution in [0.3, 0.4) is 0 Å². The van der Waals surface area contributed by atoms with Gasteiger partial charge in [0.05, 0.1) is 5.69 Å². The van der Waals surface area contributed by atoms with Crippen LogP contribution >= 0.6 is 0 Å². The molecule has 0 aromatic heterocycles. The average Bonchev–Trinajstić information content (AvgIpc) is 2.47. The first-order chi connectivity index (χ1) is 9.66. The maximum Gasteiger partial charge on any atom is 0.322 e. The van der Waals surface area contributed by atoms with Gasteiger partial charge in [0.1, 0.15) is 11.8 Å². The lowest BCUT2D eigenvalue weighted by atomic mass is 10.2. The third-order valence-electron chi connectivity index (χ3n) is 2.69. The smallest absolute Gasteiger partial charge is 0.322 e. The van der Waals surface area contributed by atoms with Crippen molar-refractivity contribution in [3.8, 4) is 11.5 Å². The number of carboxylic acid groups (broad SMARTS) is 1. The molecular weight excluding hydrogens is 256 g/mol. The highest BCUT2D eigenvalue weighted by atomic mass is 16.5. The van der Waals surface area contributed by atoms with Crippen LogP contribution in [0.25, 0.3) is 0 Å². The van der Waals surface area contributed by atoms with Crippen molar-refractivity contribution in [1.29, 1.82) is 0 Å². The Bertz CT molecular complexity index is 572. The lowest BCUT2D eigenvalue weighted by molar-refractivity contribution is -0.138. The minimum Gasteiger partial charge on any atom is -0.480 e. The highest BCUT2D eigenvalue weighted by molar-refractivity contribution is 5.74. The molecule has 2 aromatic carbocycles. The Kier molecular flexibility index (Phi) is 4.57. The summed E-state index contributed by atoms with van der Waals surface area (Å²) in [5.41, 5.74) is 6.17. The Morgan fingerprint density at radius 2 is 1.80 bits per heavy atom. The van der Waals surface area contributed by atoms with E-state index < -0.39 is 12.0 Å². The summed E-state index contributed by atoms with van der Waals surface area (Å²) >= 11 is 0. The van der Waals surface area contributed by atoms with Gasteiger partial charge in [0.15, 0.2) is 5.75 Å². The highest BCUT2D eigenvalue weighted by Gasteiger charge is 2.12. The van der Waals surface area contributed by atoms with E-state index >= 15 is 0 Å². The summed E-state index contributed by atoms with van der Waals surface area (Å²) in [5, 5.41) is 11.8. The van der Waals surface area contributed by atoms with Crippen molar-refractivity contribution in [2.45, 2.75) is 6.04 Å². The zero-order valence-corrected chi connectivity index (χ0v) is 10.8. The van der Waals surface area contributed by atoms with E-state index in [4.69, 9.17) is 15.6 Å². The molecule has 0 bridgehead atoms. The summed E-state index contributed by atoms with van der Waals surface area (Å²) in [7, 11) is 0. The summed E-state index contributed by atoms with van der Waals surface area (Å²) in [6.07, 6.45) is 0. The van der Waals surface area contributed by atoms with Crippen LogP contribution in [0.15, 0.2) is 54.6 Å². The van der Waals surface area contributed by atoms with Gasteiger partial charge < -0.3 is 20.9 Å². The van der Waals surface area contributed by atoms with E-state index in [2.05, 4.69) is 5.32 Å². The molecule has 2 aromatic rings. The third kappa shape index (κ3) is 3.73. The number of aliphatic carboxylic acids is 1. The quantitative estimate of drug-likeness (QED) is 0.751. The molecule has 0 aliphatic carbocycles. The van der Waals surface area contributed by atoms with E-state index in [1.165, 1.54) is 0 Å². The van der Waals surface area contributed by atoms with E-state index in [0.29, 0.717) is 17.2 Å². The molecule has 1 atom stereocenters. The zero-order chi connectivity index (χ0) is 14.4. The Labute approximate surface area is 117 Å². The molecule has 0 aliphatic heterocycles. The Hall–Kier alpha value is -2.53. The number of benzene rings is 2. The number of carbonyl (C=O) groups is 1. The normalized spacial score (nSPS) is 11.7. The first-order valence-electron chi connectivity index (χ1n) is 6.21. The fourth-order valence-electron chi connectivity index (χ4n) is 1.62. The number of nitrogens with two attached hydrogens (primary N) is 1. The Morgan fingerprint density at radius 3 is 2.50 bits per heavy atom. The fraction of sp³-hybridized carbons (Fsp3) is 0.133. The van der Waals surface area contributed by atoms with Crippen molar-refractivity contribution in [2.24, 2.45) is 5.73 Å². The van der Waals surface area contributed by atoms with Gasteiger partial charge in [0.25, 0.3) is 0 Å². The number of rotatable bonds is 6. The number of hydrogen-bond donors (Lipinski definition) is 3. The molecule has 20 heavy (non-hydrogen) atoms. The molecule has 0 spiro atoms. The van der Waals surface area contributed by atoms with Gasteiger partial charge in [-0.05, 0) is 24.3 Å². The second kappa shape index (κ2) is 6.58. The van der Waals surface area contributed by atoms with E-state index in [1.807, 2.05) is 54.6 Å². The van der Waals surface area contributed by atoms with Crippen LogP contribution in [0.4, 0.5) is 5.69 Å². The maximum atomic E-state index is 10.7. The van der Waals surface area contributed by atoms with E-state index in [9.17, 15) is 4.79 Å². The van der Waals surface area contributed by atoms with Crippen LogP contribution in [-0.4, -0.2) is 23.7 Å². The molecule has 104 valence electrons. The number of nitrogens with one attached hydrogen (secondary N) is 1. The molecule has 2 rings (SSSR count). The molecule has 0 radical (unpaired) electrons. The van der Waals surface area contributed by atoms with Gasteiger partial charge in [0.2, 0.25) is 0 Å². The third-order valence-corrected chi connectivity index (χ3v) is 2.69. The van der Waals surface area contributed by atoms with E-state index in [1.54, 1.807) is 0 Å². The minimum atomic E-state index is -1.04. The molecular formula is C15H16N2O3. The van der Waals surface area contributed by atoms with Gasteiger partial charge in [-0.2, -0.15) is 0 Å². The summed E-state index contributed by atoms with van der Waals surface area (Å²) in [6.45, 7) is 0.129. The molecule has 0 amide bonds. The average molecular weight is 272 g/mol. The maximum absolute atomic E-state index is 10.7. The van der Waals surface area contributed by atoms with Gasteiger partial charge in [-0.3, -0.25) is 4.79 Å². The Morgan fingerprint density at radius 1 is 1.15 bits per heavy atom. The molecule has 5 heteroatoms. The van der Waals surface area contributed by atoms with Crippen molar-refractivity contribution in [3.63, 3.8) is 0 Å². The number of carboxylic acids is 1. The number of para-hydroxylation sites is 3. The van der Waals surface area contributed by atoms with Crippen LogP contribution in [-0.2, 0) is 4.79 Å². The molecule has 0 fully saturated rings. The zero-order valence-electron chi connectivity index (χ0n) is 10.8. The van der Waals surface area contributed by atoms with Crippen LogP contribution in [0.1, 0.15) is 0 Å². The van der Waals surface area contributed by atoms with Crippen LogP contribution in [0.2, 0.25) is 0 Å². The fourth-order valence-corrected chi connectivity index (χ4v) is 1.62. The predicted molar refractivity (Wildman–Crippen MR) is 77.1 cm³/mol. The number of hydrogen-bond acceptors (Lipinski definition) is 4. The van der Waals surface area contributed by atoms with E-state index in [0.717, 1.165) is 0 Å². The first kappa shape index (κ1) is 13.9. The van der Waals surface area contributed by atoms with Crippen LogP contribution in [0.5, 0.6) is 11.5 Å². The summed E-state index contributed by atoms with van der Waals surface area (Å²) < 4.78 is 5.75. The van der Waals surface area contributed by atoms with Crippen molar-refractivity contribution in [2.75, 3.05) is 11.9 Å².